The summed E-state index contributed by atoms with van der Waals surface area (Å²) in [6, 6.07) is 12.7. The Labute approximate surface area is 181 Å². The quantitative estimate of drug-likeness (QED) is 0.593. The van der Waals surface area contributed by atoms with Crippen molar-refractivity contribution in [1.82, 2.24) is 0 Å². The molecule has 0 bridgehead atoms. The Bertz CT molecular complexity index is 932. The van der Waals surface area contributed by atoms with Crippen molar-refractivity contribution in [2.45, 2.75) is 45.4 Å². The molecule has 0 aromatic heterocycles. The molecule has 5 nitrogen and oxygen atoms in total. The monoisotopic (exact) mass is 431 g/mol. The summed E-state index contributed by atoms with van der Waals surface area (Å²) in [7, 11) is -3.68. The Morgan fingerprint density at radius 2 is 1.73 bits per heavy atom. The molecule has 2 aromatic rings. The Kier molecular flexibility index (Phi) is 7.42. The van der Waals surface area contributed by atoms with Crippen LogP contribution in [0.25, 0.3) is 0 Å². The van der Waals surface area contributed by atoms with Crippen molar-refractivity contribution in [3.63, 3.8) is 0 Å². The first kappa shape index (κ1) is 22.6. The van der Waals surface area contributed by atoms with Crippen molar-refractivity contribution in [2.75, 3.05) is 30.7 Å². The number of sulfonamides is 1. The molecule has 0 atom stereocenters. The first-order valence-corrected chi connectivity index (χ1v) is 12.1. The maximum atomic E-state index is 13.5. The lowest BCUT2D eigenvalue weighted by atomic mass is 10.0. The fourth-order valence-electron chi connectivity index (χ4n) is 3.71. The van der Waals surface area contributed by atoms with Crippen LogP contribution < -0.4 is 9.04 Å². The minimum absolute atomic E-state index is 0.197. The van der Waals surface area contributed by atoms with Gasteiger partial charge in [-0.25, -0.2) is 8.42 Å². The van der Waals surface area contributed by atoms with E-state index in [1.165, 1.54) is 4.31 Å². The van der Waals surface area contributed by atoms with Gasteiger partial charge in [0.25, 0.3) is 10.0 Å². The molecular weight excluding hydrogens is 398 g/mol. The second-order valence-corrected chi connectivity index (χ2v) is 10.4. The van der Waals surface area contributed by atoms with Crippen LogP contribution in [-0.2, 0) is 14.8 Å². The topological polar surface area (TPSA) is 55.8 Å². The van der Waals surface area contributed by atoms with Crippen LogP contribution >= 0.6 is 0 Å². The first-order chi connectivity index (χ1) is 14.3. The molecule has 164 valence electrons. The van der Waals surface area contributed by atoms with Gasteiger partial charge >= 0.3 is 0 Å². The van der Waals surface area contributed by atoms with Crippen molar-refractivity contribution in [2.24, 2.45) is 11.8 Å². The van der Waals surface area contributed by atoms with Gasteiger partial charge in [0, 0.05) is 19.8 Å². The average Bonchev–Trinajstić information content (AvgIpc) is 2.72. The fourth-order valence-corrected chi connectivity index (χ4v) is 5.40. The lowest BCUT2D eigenvalue weighted by molar-refractivity contribution is 0.0497. The molecule has 0 spiro atoms. The largest absolute Gasteiger partial charge is 0.493 e. The third-order valence-electron chi connectivity index (χ3n) is 5.39. The molecular formula is C24H33NO4S. The van der Waals surface area contributed by atoms with E-state index in [4.69, 9.17) is 9.47 Å². The third-order valence-corrected chi connectivity index (χ3v) is 7.18. The smallest absolute Gasteiger partial charge is 0.264 e. The SMILES string of the molecule is Cc1ccc(N(CC(C)C)S(=O)(=O)c2ccc(OCC3CCOCC3)cc2)c(C)c1. The summed E-state index contributed by atoms with van der Waals surface area (Å²) in [6.45, 7) is 10.7. The summed E-state index contributed by atoms with van der Waals surface area (Å²) in [5, 5.41) is 0. The molecule has 0 amide bonds. The molecule has 30 heavy (non-hydrogen) atoms. The van der Waals surface area contributed by atoms with E-state index in [0.29, 0.717) is 24.8 Å². The molecule has 0 aliphatic carbocycles. The molecule has 0 N–H and O–H groups in total. The van der Waals surface area contributed by atoms with E-state index in [1.807, 2.05) is 45.9 Å². The third kappa shape index (κ3) is 5.55. The van der Waals surface area contributed by atoms with Crippen LogP contribution in [0.3, 0.4) is 0 Å². The molecule has 1 aliphatic heterocycles. The summed E-state index contributed by atoms with van der Waals surface area (Å²) in [6.07, 6.45) is 2.01. The van der Waals surface area contributed by atoms with E-state index in [2.05, 4.69) is 0 Å². The number of anilines is 1. The van der Waals surface area contributed by atoms with Crippen molar-refractivity contribution < 1.29 is 17.9 Å². The predicted octanol–water partition coefficient (Wildman–Crippen LogP) is 4.96. The van der Waals surface area contributed by atoms with Gasteiger partial charge in [-0.2, -0.15) is 0 Å². The van der Waals surface area contributed by atoms with Gasteiger partial charge in [-0.1, -0.05) is 31.5 Å². The van der Waals surface area contributed by atoms with E-state index in [1.54, 1.807) is 24.3 Å². The zero-order chi connectivity index (χ0) is 21.7. The predicted molar refractivity (Wildman–Crippen MR) is 121 cm³/mol. The number of rotatable bonds is 8. The van der Waals surface area contributed by atoms with Crippen LogP contribution in [0.1, 0.15) is 37.8 Å². The van der Waals surface area contributed by atoms with Gasteiger partial charge in [-0.05, 0) is 74.4 Å². The normalized spacial score (nSPS) is 15.4. The van der Waals surface area contributed by atoms with Crippen LogP contribution in [0.5, 0.6) is 5.75 Å². The van der Waals surface area contributed by atoms with Gasteiger partial charge in [0.05, 0.1) is 17.2 Å². The van der Waals surface area contributed by atoms with E-state index in [0.717, 1.165) is 42.9 Å². The summed E-state index contributed by atoms with van der Waals surface area (Å²) in [5.74, 6) is 1.39. The summed E-state index contributed by atoms with van der Waals surface area (Å²) < 4.78 is 39.8. The Morgan fingerprint density at radius 1 is 1.07 bits per heavy atom. The summed E-state index contributed by atoms with van der Waals surface area (Å²) in [4.78, 5) is 0.279. The van der Waals surface area contributed by atoms with Gasteiger partial charge in [0.15, 0.2) is 0 Å². The minimum Gasteiger partial charge on any atom is -0.493 e. The second kappa shape index (κ2) is 9.84. The van der Waals surface area contributed by atoms with Crippen LogP contribution in [0.4, 0.5) is 5.69 Å². The zero-order valence-corrected chi connectivity index (χ0v) is 19.2. The van der Waals surface area contributed by atoms with Crippen LogP contribution in [-0.4, -0.2) is 34.8 Å². The Morgan fingerprint density at radius 3 is 2.33 bits per heavy atom. The second-order valence-electron chi connectivity index (χ2n) is 8.56. The highest BCUT2D eigenvalue weighted by Crippen LogP contribution is 2.29. The Hall–Kier alpha value is -2.05. The molecule has 1 heterocycles. The highest BCUT2D eigenvalue weighted by Gasteiger charge is 2.27. The van der Waals surface area contributed by atoms with Gasteiger partial charge < -0.3 is 9.47 Å². The van der Waals surface area contributed by atoms with Crippen LogP contribution in [0, 0.1) is 25.7 Å². The highest BCUT2D eigenvalue weighted by molar-refractivity contribution is 7.92. The minimum atomic E-state index is -3.68. The number of benzene rings is 2. The van der Waals surface area contributed by atoms with E-state index >= 15 is 0 Å². The molecule has 0 saturated carbocycles. The molecule has 1 fully saturated rings. The standard InChI is InChI=1S/C24H33NO4S/c1-18(2)16-25(24-10-5-19(3)15-20(24)4)30(26,27)23-8-6-22(7-9-23)29-17-21-11-13-28-14-12-21/h5-10,15,18,21H,11-14,16-17H2,1-4H3. The van der Waals surface area contributed by atoms with Crippen molar-refractivity contribution in [3.8, 4) is 5.75 Å². The van der Waals surface area contributed by atoms with Crippen molar-refractivity contribution in [3.05, 3.63) is 53.6 Å². The fraction of sp³-hybridized carbons (Fsp3) is 0.500. The van der Waals surface area contributed by atoms with E-state index in [9.17, 15) is 8.42 Å². The maximum Gasteiger partial charge on any atom is 0.264 e. The number of aryl methyl sites for hydroxylation is 2. The van der Waals surface area contributed by atoms with E-state index < -0.39 is 10.0 Å². The molecule has 2 aromatic carbocycles. The van der Waals surface area contributed by atoms with Crippen molar-refractivity contribution >= 4 is 15.7 Å². The van der Waals surface area contributed by atoms with Gasteiger partial charge in [-0.15, -0.1) is 0 Å². The lowest BCUT2D eigenvalue weighted by Crippen LogP contribution is -2.34. The molecule has 1 aliphatic rings. The molecule has 3 rings (SSSR count). The molecule has 0 unspecified atom stereocenters. The average molecular weight is 432 g/mol. The first-order valence-electron chi connectivity index (χ1n) is 10.7. The molecule has 1 saturated heterocycles. The van der Waals surface area contributed by atoms with Gasteiger partial charge in [0.2, 0.25) is 0 Å². The molecule has 0 radical (unpaired) electrons. The number of hydrogen-bond donors (Lipinski definition) is 0. The van der Waals surface area contributed by atoms with Crippen LogP contribution in [0.2, 0.25) is 0 Å². The number of nitrogens with zero attached hydrogens (tertiary/aromatic N) is 1. The highest BCUT2D eigenvalue weighted by atomic mass is 32.2. The zero-order valence-electron chi connectivity index (χ0n) is 18.4. The van der Waals surface area contributed by atoms with Gasteiger partial charge in [-0.3, -0.25) is 4.31 Å². The number of hydrogen-bond acceptors (Lipinski definition) is 4. The Balaban J connectivity index is 1.80. The van der Waals surface area contributed by atoms with Crippen molar-refractivity contribution in [1.29, 1.82) is 0 Å². The number of ether oxygens (including phenoxy) is 2. The van der Waals surface area contributed by atoms with Gasteiger partial charge in [0.1, 0.15) is 5.75 Å². The maximum absolute atomic E-state index is 13.5. The summed E-state index contributed by atoms with van der Waals surface area (Å²) >= 11 is 0. The molecule has 6 heteroatoms. The lowest BCUT2D eigenvalue weighted by Gasteiger charge is -2.28. The van der Waals surface area contributed by atoms with E-state index in [-0.39, 0.29) is 10.8 Å². The van der Waals surface area contributed by atoms with Crippen LogP contribution in [0.15, 0.2) is 47.4 Å². The summed E-state index contributed by atoms with van der Waals surface area (Å²) in [5.41, 5.74) is 2.80.